The van der Waals surface area contributed by atoms with E-state index in [1.807, 2.05) is 6.20 Å². The second kappa shape index (κ2) is 5.12. The average molecular weight is 244 g/mol. The number of H-pyrrole nitrogens is 1. The summed E-state index contributed by atoms with van der Waals surface area (Å²) in [5, 5.41) is 14.5. The molecule has 0 radical (unpaired) electrons. The number of aliphatic hydroxyl groups is 1. The zero-order valence-electron chi connectivity index (χ0n) is 10.5. The zero-order valence-corrected chi connectivity index (χ0v) is 10.5. The minimum absolute atomic E-state index is 0.109. The Morgan fingerprint density at radius 1 is 1.28 bits per heavy atom. The summed E-state index contributed by atoms with van der Waals surface area (Å²) in [6, 6.07) is 9.07. The van der Waals surface area contributed by atoms with E-state index in [9.17, 15) is 5.11 Å². The lowest BCUT2D eigenvalue weighted by atomic mass is 9.93. The monoisotopic (exact) mass is 244 g/mol. The molecule has 0 saturated heterocycles. The van der Waals surface area contributed by atoms with Gasteiger partial charge in [-0.2, -0.15) is 0 Å². The molecule has 1 aliphatic rings. The minimum atomic E-state index is -0.109. The number of nitrogens with one attached hydrogen (secondary N) is 2. The Morgan fingerprint density at radius 3 is 3.11 bits per heavy atom. The molecule has 1 aromatic carbocycles. The third-order valence-corrected chi connectivity index (χ3v) is 3.86. The van der Waals surface area contributed by atoms with Crippen LogP contribution in [-0.4, -0.2) is 22.2 Å². The van der Waals surface area contributed by atoms with Gasteiger partial charge in [0, 0.05) is 24.3 Å². The van der Waals surface area contributed by atoms with Gasteiger partial charge in [-0.1, -0.05) is 12.1 Å². The van der Waals surface area contributed by atoms with Gasteiger partial charge in [0.25, 0.3) is 0 Å². The molecule has 18 heavy (non-hydrogen) atoms. The van der Waals surface area contributed by atoms with Crippen LogP contribution < -0.4 is 5.32 Å². The van der Waals surface area contributed by atoms with Crippen molar-refractivity contribution in [3.8, 4) is 0 Å². The fourth-order valence-corrected chi connectivity index (χ4v) is 2.82. The van der Waals surface area contributed by atoms with E-state index in [0.717, 1.165) is 25.8 Å². The van der Waals surface area contributed by atoms with Crippen LogP contribution in [0.2, 0.25) is 0 Å². The average Bonchev–Trinajstić information content (AvgIpc) is 2.84. The molecule has 0 amide bonds. The SMILES string of the molecule is OC1CCCC(NCc2ccc3cc[nH]c3c2)C1. The third-order valence-electron chi connectivity index (χ3n) is 3.86. The highest BCUT2D eigenvalue weighted by atomic mass is 16.3. The molecule has 3 nitrogen and oxygen atoms in total. The Balaban J connectivity index is 1.61. The first-order valence-corrected chi connectivity index (χ1v) is 6.79. The molecule has 1 heterocycles. The van der Waals surface area contributed by atoms with Crippen LogP contribution in [-0.2, 0) is 6.54 Å². The summed E-state index contributed by atoms with van der Waals surface area (Å²) < 4.78 is 0. The summed E-state index contributed by atoms with van der Waals surface area (Å²) >= 11 is 0. The van der Waals surface area contributed by atoms with E-state index >= 15 is 0 Å². The highest BCUT2D eigenvalue weighted by Crippen LogP contribution is 2.19. The summed E-state index contributed by atoms with van der Waals surface area (Å²) in [4.78, 5) is 3.24. The maximum atomic E-state index is 9.65. The molecule has 2 aromatic rings. The number of aromatic amines is 1. The molecule has 1 fully saturated rings. The van der Waals surface area contributed by atoms with Gasteiger partial charge >= 0.3 is 0 Å². The Morgan fingerprint density at radius 2 is 2.22 bits per heavy atom. The third kappa shape index (κ3) is 2.57. The molecule has 96 valence electrons. The number of hydrogen-bond acceptors (Lipinski definition) is 2. The summed E-state index contributed by atoms with van der Waals surface area (Å²) in [7, 11) is 0. The lowest BCUT2D eigenvalue weighted by molar-refractivity contribution is 0.111. The second-order valence-corrected chi connectivity index (χ2v) is 5.30. The zero-order chi connectivity index (χ0) is 12.4. The molecule has 3 rings (SSSR count). The number of aromatic nitrogens is 1. The predicted octanol–water partition coefficient (Wildman–Crippen LogP) is 2.56. The summed E-state index contributed by atoms with van der Waals surface area (Å²) in [6.45, 7) is 0.881. The van der Waals surface area contributed by atoms with Crippen LogP contribution in [0.5, 0.6) is 0 Å². The van der Waals surface area contributed by atoms with Gasteiger partial charge in [0.15, 0.2) is 0 Å². The number of hydrogen-bond donors (Lipinski definition) is 3. The van der Waals surface area contributed by atoms with Crippen molar-refractivity contribution in [2.75, 3.05) is 0 Å². The molecule has 1 aliphatic carbocycles. The first kappa shape index (κ1) is 11.8. The van der Waals surface area contributed by atoms with Crippen molar-refractivity contribution in [1.29, 1.82) is 0 Å². The summed E-state index contributed by atoms with van der Waals surface area (Å²) in [5.41, 5.74) is 2.49. The normalized spacial score (nSPS) is 24.5. The van der Waals surface area contributed by atoms with Crippen LogP contribution in [0.25, 0.3) is 10.9 Å². The molecule has 0 spiro atoms. The predicted molar refractivity (Wildman–Crippen MR) is 73.4 cm³/mol. The molecule has 2 atom stereocenters. The van der Waals surface area contributed by atoms with Crippen LogP contribution >= 0.6 is 0 Å². The maximum Gasteiger partial charge on any atom is 0.0555 e. The van der Waals surface area contributed by atoms with E-state index in [2.05, 4.69) is 34.6 Å². The standard InChI is InChI=1S/C15H20N2O/c18-14-3-1-2-13(9-14)17-10-11-4-5-12-6-7-16-15(12)8-11/h4-8,13-14,16-18H,1-3,9-10H2. The van der Waals surface area contributed by atoms with Crippen LogP contribution in [0, 0.1) is 0 Å². The fraction of sp³-hybridized carbons (Fsp3) is 0.467. The van der Waals surface area contributed by atoms with Gasteiger partial charge in [0.2, 0.25) is 0 Å². The quantitative estimate of drug-likeness (QED) is 0.777. The van der Waals surface area contributed by atoms with Crippen LogP contribution in [0.15, 0.2) is 30.5 Å². The molecule has 0 bridgehead atoms. The molecule has 0 aliphatic heterocycles. The highest BCUT2D eigenvalue weighted by Gasteiger charge is 2.19. The first-order chi connectivity index (χ1) is 8.81. The molecule has 1 saturated carbocycles. The van der Waals surface area contributed by atoms with Crippen molar-refractivity contribution in [2.24, 2.45) is 0 Å². The van der Waals surface area contributed by atoms with Gasteiger partial charge in [0.1, 0.15) is 0 Å². The van der Waals surface area contributed by atoms with Crippen molar-refractivity contribution >= 4 is 10.9 Å². The second-order valence-electron chi connectivity index (χ2n) is 5.30. The molecule has 2 unspecified atom stereocenters. The maximum absolute atomic E-state index is 9.65. The van der Waals surface area contributed by atoms with E-state index in [-0.39, 0.29) is 6.10 Å². The Kier molecular flexibility index (Phi) is 3.35. The molecular weight excluding hydrogens is 224 g/mol. The smallest absolute Gasteiger partial charge is 0.0555 e. The van der Waals surface area contributed by atoms with Gasteiger partial charge in [0.05, 0.1) is 6.10 Å². The van der Waals surface area contributed by atoms with E-state index < -0.39 is 0 Å². The number of benzene rings is 1. The van der Waals surface area contributed by atoms with Gasteiger partial charge in [-0.15, -0.1) is 0 Å². The molecule has 3 N–H and O–H groups in total. The van der Waals surface area contributed by atoms with Crippen LogP contribution in [0.3, 0.4) is 0 Å². The van der Waals surface area contributed by atoms with E-state index in [4.69, 9.17) is 0 Å². The Labute approximate surface area is 107 Å². The van der Waals surface area contributed by atoms with Crippen LogP contribution in [0.4, 0.5) is 0 Å². The van der Waals surface area contributed by atoms with Crippen molar-refractivity contribution < 1.29 is 5.11 Å². The number of rotatable bonds is 3. The minimum Gasteiger partial charge on any atom is -0.393 e. The topological polar surface area (TPSA) is 48.0 Å². The van der Waals surface area contributed by atoms with Crippen LogP contribution in [0.1, 0.15) is 31.2 Å². The van der Waals surface area contributed by atoms with E-state index in [1.54, 1.807) is 0 Å². The van der Waals surface area contributed by atoms with Crippen molar-refractivity contribution in [3.63, 3.8) is 0 Å². The molecule has 1 aromatic heterocycles. The number of aliphatic hydroxyl groups excluding tert-OH is 1. The van der Waals surface area contributed by atoms with Gasteiger partial charge in [-0.3, -0.25) is 0 Å². The largest absolute Gasteiger partial charge is 0.393 e. The summed E-state index contributed by atoms with van der Waals surface area (Å²) in [6.07, 6.45) is 6.04. The summed E-state index contributed by atoms with van der Waals surface area (Å²) in [5.74, 6) is 0. The van der Waals surface area contributed by atoms with Crippen molar-refractivity contribution in [1.82, 2.24) is 10.3 Å². The van der Waals surface area contributed by atoms with Crippen molar-refractivity contribution in [2.45, 2.75) is 44.4 Å². The van der Waals surface area contributed by atoms with Gasteiger partial charge < -0.3 is 15.4 Å². The fourth-order valence-electron chi connectivity index (χ4n) is 2.82. The van der Waals surface area contributed by atoms with Gasteiger partial charge in [-0.25, -0.2) is 0 Å². The van der Waals surface area contributed by atoms with Crippen molar-refractivity contribution in [3.05, 3.63) is 36.0 Å². The van der Waals surface area contributed by atoms with E-state index in [1.165, 1.54) is 22.9 Å². The molecule has 3 heteroatoms. The highest BCUT2D eigenvalue weighted by molar-refractivity contribution is 5.79. The van der Waals surface area contributed by atoms with E-state index in [0.29, 0.717) is 6.04 Å². The number of fused-ring (bicyclic) bond motifs is 1. The molecular formula is C15H20N2O. The lowest BCUT2D eigenvalue weighted by Crippen LogP contribution is -2.35. The Hall–Kier alpha value is -1.32. The lowest BCUT2D eigenvalue weighted by Gasteiger charge is -2.26. The van der Waals surface area contributed by atoms with Gasteiger partial charge in [-0.05, 0) is 48.8 Å². The first-order valence-electron chi connectivity index (χ1n) is 6.79. The Bertz CT molecular complexity index is 520.